The summed E-state index contributed by atoms with van der Waals surface area (Å²) in [6, 6.07) is 1.38. The van der Waals surface area contributed by atoms with Gasteiger partial charge < -0.3 is 0 Å². The van der Waals surface area contributed by atoms with Crippen LogP contribution in [-0.4, -0.2) is 9.74 Å². The first-order valence-electron chi connectivity index (χ1n) is 5.52. The van der Waals surface area contributed by atoms with Gasteiger partial charge in [0.2, 0.25) is 0 Å². The Balaban J connectivity index is 2.31. The molecular formula is C11H16ClNO2S. The topological polar surface area (TPSA) is 39.1 Å². The van der Waals surface area contributed by atoms with Crippen LogP contribution >= 0.6 is 23.1 Å². The number of carbonyl (C=O) groups is 1. The molecular weight excluding hydrogens is 246 g/mol. The van der Waals surface area contributed by atoms with E-state index in [1.54, 1.807) is 0 Å². The predicted molar refractivity (Wildman–Crippen MR) is 67.4 cm³/mol. The Morgan fingerprint density at radius 2 is 2.19 bits per heavy atom. The predicted octanol–water partition coefficient (Wildman–Crippen LogP) is 3.10. The van der Waals surface area contributed by atoms with Gasteiger partial charge in [0.05, 0.1) is 0 Å². The van der Waals surface area contributed by atoms with E-state index in [1.165, 1.54) is 21.6 Å². The average molecular weight is 262 g/mol. The van der Waals surface area contributed by atoms with E-state index >= 15 is 0 Å². The van der Waals surface area contributed by atoms with E-state index in [-0.39, 0.29) is 11.3 Å². The summed E-state index contributed by atoms with van der Waals surface area (Å²) in [4.78, 5) is 22.8. The molecule has 0 aromatic carbocycles. The molecule has 1 aromatic rings. The SMILES string of the molecule is CCCCCC(=O)CCn1sc(Cl)cc1=O. The Labute approximate surface area is 104 Å². The van der Waals surface area contributed by atoms with Crippen molar-refractivity contribution in [3.05, 3.63) is 20.8 Å². The molecule has 0 N–H and O–H groups in total. The first kappa shape index (κ1) is 13.5. The van der Waals surface area contributed by atoms with Crippen LogP contribution in [0.1, 0.15) is 39.0 Å². The lowest BCUT2D eigenvalue weighted by Gasteiger charge is -2.00. The minimum atomic E-state index is -0.114. The summed E-state index contributed by atoms with van der Waals surface area (Å²) in [6.07, 6.45) is 4.22. The van der Waals surface area contributed by atoms with Gasteiger partial charge in [-0.1, -0.05) is 31.4 Å². The van der Waals surface area contributed by atoms with Gasteiger partial charge in [-0.3, -0.25) is 13.5 Å². The van der Waals surface area contributed by atoms with Crippen molar-refractivity contribution in [2.45, 2.75) is 45.6 Å². The van der Waals surface area contributed by atoms with E-state index in [1.807, 2.05) is 0 Å². The van der Waals surface area contributed by atoms with E-state index in [0.717, 1.165) is 19.3 Å². The van der Waals surface area contributed by atoms with Crippen LogP contribution in [0.2, 0.25) is 4.34 Å². The molecule has 0 unspecified atom stereocenters. The molecule has 0 atom stereocenters. The van der Waals surface area contributed by atoms with Gasteiger partial charge in [-0.25, -0.2) is 0 Å². The van der Waals surface area contributed by atoms with Gasteiger partial charge in [-0.15, -0.1) is 0 Å². The fraction of sp³-hybridized carbons (Fsp3) is 0.636. The normalized spacial score (nSPS) is 10.6. The quantitative estimate of drug-likeness (QED) is 0.708. The Kier molecular flexibility index (Phi) is 5.77. The van der Waals surface area contributed by atoms with Crippen molar-refractivity contribution in [3.8, 4) is 0 Å². The van der Waals surface area contributed by atoms with Crippen LogP contribution in [0.15, 0.2) is 10.9 Å². The highest BCUT2D eigenvalue weighted by Crippen LogP contribution is 2.12. The van der Waals surface area contributed by atoms with Gasteiger partial charge >= 0.3 is 0 Å². The highest BCUT2D eigenvalue weighted by Gasteiger charge is 2.05. The maximum atomic E-state index is 11.5. The van der Waals surface area contributed by atoms with Crippen molar-refractivity contribution in [1.29, 1.82) is 0 Å². The van der Waals surface area contributed by atoms with Crippen molar-refractivity contribution in [3.63, 3.8) is 0 Å². The van der Waals surface area contributed by atoms with Crippen LogP contribution in [0.3, 0.4) is 0 Å². The maximum Gasteiger partial charge on any atom is 0.262 e. The van der Waals surface area contributed by atoms with Gasteiger partial charge in [0.25, 0.3) is 5.56 Å². The molecule has 0 amide bonds. The summed E-state index contributed by atoms with van der Waals surface area (Å²) in [6.45, 7) is 2.57. The van der Waals surface area contributed by atoms with E-state index in [4.69, 9.17) is 11.6 Å². The maximum absolute atomic E-state index is 11.5. The number of ketones is 1. The first-order chi connectivity index (χ1) is 7.63. The van der Waals surface area contributed by atoms with Gasteiger partial charge in [-0.05, 0) is 18.0 Å². The van der Waals surface area contributed by atoms with Gasteiger partial charge in [0.15, 0.2) is 0 Å². The van der Waals surface area contributed by atoms with E-state index in [0.29, 0.717) is 23.7 Å². The minimum absolute atomic E-state index is 0.114. The monoisotopic (exact) mass is 261 g/mol. The second-order valence-electron chi connectivity index (χ2n) is 3.73. The lowest BCUT2D eigenvalue weighted by Crippen LogP contribution is -2.14. The average Bonchev–Trinajstić information content (AvgIpc) is 2.55. The molecule has 16 heavy (non-hydrogen) atoms. The molecule has 1 aromatic heterocycles. The number of hydrogen-bond donors (Lipinski definition) is 0. The van der Waals surface area contributed by atoms with Gasteiger partial charge in [0, 0.05) is 25.5 Å². The smallest absolute Gasteiger partial charge is 0.262 e. The zero-order valence-electron chi connectivity index (χ0n) is 9.37. The second-order valence-corrected chi connectivity index (χ2v) is 5.42. The zero-order valence-corrected chi connectivity index (χ0v) is 10.9. The Morgan fingerprint density at radius 1 is 1.44 bits per heavy atom. The number of aromatic nitrogens is 1. The molecule has 0 saturated carbocycles. The van der Waals surface area contributed by atoms with Gasteiger partial charge in [0.1, 0.15) is 10.1 Å². The number of Topliss-reactive ketones (excluding diaryl/α,β-unsaturated/α-hetero) is 1. The summed E-state index contributed by atoms with van der Waals surface area (Å²) >= 11 is 6.90. The molecule has 0 fully saturated rings. The largest absolute Gasteiger partial charge is 0.300 e. The third-order valence-electron chi connectivity index (χ3n) is 2.33. The molecule has 0 spiro atoms. The molecule has 0 radical (unpaired) electrons. The number of rotatable bonds is 7. The molecule has 1 rings (SSSR count). The summed E-state index contributed by atoms with van der Waals surface area (Å²) in [7, 11) is 0. The lowest BCUT2D eigenvalue weighted by atomic mass is 10.1. The van der Waals surface area contributed by atoms with Gasteiger partial charge in [-0.2, -0.15) is 0 Å². The fourth-order valence-corrected chi connectivity index (χ4v) is 2.46. The van der Waals surface area contributed by atoms with E-state index in [9.17, 15) is 9.59 Å². The number of carbonyl (C=O) groups excluding carboxylic acids is 1. The zero-order chi connectivity index (χ0) is 12.0. The van der Waals surface area contributed by atoms with Crippen LogP contribution in [-0.2, 0) is 11.3 Å². The molecule has 90 valence electrons. The first-order valence-corrected chi connectivity index (χ1v) is 6.67. The minimum Gasteiger partial charge on any atom is -0.300 e. The summed E-state index contributed by atoms with van der Waals surface area (Å²) in [5, 5.41) is 0. The van der Waals surface area contributed by atoms with Crippen LogP contribution in [0.4, 0.5) is 0 Å². The Hall–Kier alpha value is -0.610. The fourth-order valence-electron chi connectivity index (χ4n) is 1.42. The Morgan fingerprint density at radius 3 is 2.75 bits per heavy atom. The molecule has 0 saturated heterocycles. The highest BCUT2D eigenvalue weighted by molar-refractivity contribution is 7.11. The van der Waals surface area contributed by atoms with Crippen molar-refractivity contribution in [2.24, 2.45) is 0 Å². The molecule has 0 aliphatic rings. The lowest BCUT2D eigenvalue weighted by molar-refractivity contribution is -0.119. The van der Waals surface area contributed by atoms with Crippen LogP contribution in [0, 0.1) is 0 Å². The van der Waals surface area contributed by atoms with Crippen molar-refractivity contribution in [2.75, 3.05) is 0 Å². The van der Waals surface area contributed by atoms with Crippen molar-refractivity contribution in [1.82, 2.24) is 3.96 Å². The van der Waals surface area contributed by atoms with Crippen molar-refractivity contribution < 1.29 is 4.79 Å². The highest BCUT2D eigenvalue weighted by atomic mass is 35.5. The number of aryl methyl sites for hydroxylation is 1. The summed E-state index contributed by atoms with van der Waals surface area (Å²) < 4.78 is 2.00. The molecule has 0 aliphatic carbocycles. The van der Waals surface area contributed by atoms with Crippen LogP contribution < -0.4 is 5.56 Å². The molecule has 0 bridgehead atoms. The number of halogens is 1. The number of unbranched alkanes of at least 4 members (excludes halogenated alkanes) is 2. The summed E-state index contributed by atoms with van der Waals surface area (Å²) in [5.74, 6) is 0.227. The van der Waals surface area contributed by atoms with E-state index in [2.05, 4.69) is 6.92 Å². The third kappa shape index (κ3) is 4.49. The van der Waals surface area contributed by atoms with Crippen LogP contribution in [0.25, 0.3) is 0 Å². The molecule has 5 heteroatoms. The third-order valence-corrected chi connectivity index (χ3v) is 3.52. The molecule has 0 aliphatic heterocycles. The van der Waals surface area contributed by atoms with Crippen molar-refractivity contribution >= 4 is 28.9 Å². The molecule has 3 nitrogen and oxygen atoms in total. The standard InChI is InChI=1S/C11H16ClNO2S/c1-2-3-4-5-9(14)6-7-13-11(15)8-10(12)16-13/h8H,2-7H2,1H3. The second kappa shape index (κ2) is 6.86. The summed E-state index contributed by atoms with van der Waals surface area (Å²) in [5.41, 5.74) is -0.114. The van der Waals surface area contributed by atoms with Crippen LogP contribution in [0.5, 0.6) is 0 Å². The number of hydrogen-bond acceptors (Lipinski definition) is 3. The molecule has 1 heterocycles. The Bertz CT molecular complexity index is 397. The van der Waals surface area contributed by atoms with E-state index < -0.39 is 0 Å². The number of nitrogens with zero attached hydrogens (tertiary/aromatic N) is 1.